The molecular formula is C18H26O3. The van der Waals surface area contributed by atoms with Gasteiger partial charge in [0.1, 0.15) is 11.9 Å². The lowest BCUT2D eigenvalue weighted by molar-refractivity contribution is -0.150. The van der Waals surface area contributed by atoms with Crippen LogP contribution in [0.2, 0.25) is 0 Å². The molecule has 0 radical (unpaired) electrons. The molecule has 0 aromatic heterocycles. The first kappa shape index (κ1) is 16.2. The quantitative estimate of drug-likeness (QED) is 0.677. The average molecular weight is 290 g/mol. The molecule has 0 amide bonds. The molecule has 3 nitrogen and oxygen atoms in total. The number of benzene rings is 1. The molecule has 1 saturated heterocycles. The van der Waals surface area contributed by atoms with E-state index in [1.807, 2.05) is 30.3 Å². The van der Waals surface area contributed by atoms with Gasteiger partial charge in [0.05, 0.1) is 19.3 Å². The van der Waals surface area contributed by atoms with Crippen LogP contribution in [0.25, 0.3) is 0 Å². The first-order chi connectivity index (χ1) is 10.3. The van der Waals surface area contributed by atoms with Gasteiger partial charge in [-0.05, 0) is 12.0 Å². The van der Waals surface area contributed by atoms with E-state index in [1.165, 1.54) is 12.8 Å². The largest absolute Gasteiger partial charge is 0.376 e. The standard InChI is InChI=1S/C18H26O3/c1-2-3-4-8-11-16(19)12-17-13-20-14-18(21-17)15-9-6-5-7-10-15/h5-7,9-10,17-18H,2-4,8,11-14H2,1H3. The topological polar surface area (TPSA) is 35.5 Å². The summed E-state index contributed by atoms with van der Waals surface area (Å²) in [6.07, 6.45) is 5.59. The summed E-state index contributed by atoms with van der Waals surface area (Å²) in [5, 5.41) is 0. The molecule has 1 aliphatic rings. The Morgan fingerprint density at radius 1 is 1.14 bits per heavy atom. The molecule has 21 heavy (non-hydrogen) atoms. The van der Waals surface area contributed by atoms with Gasteiger partial charge in [0.25, 0.3) is 0 Å². The number of ketones is 1. The van der Waals surface area contributed by atoms with Crippen LogP contribution < -0.4 is 0 Å². The molecule has 1 heterocycles. The maximum Gasteiger partial charge on any atom is 0.135 e. The number of ether oxygens (including phenoxy) is 2. The second kappa shape index (κ2) is 8.96. The number of carbonyl (C=O) groups excluding carboxylic acids is 1. The minimum atomic E-state index is -0.0948. The molecule has 1 aromatic rings. The van der Waals surface area contributed by atoms with E-state index < -0.39 is 0 Å². The van der Waals surface area contributed by atoms with Gasteiger partial charge < -0.3 is 9.47 Å². The summed E-state index contributed by atoms with van der Waals surface area (Å²) >= 11 is 0. The number of unbranched alkanes of at least 4 members (excludes halogenated alkanes) is 3. The van der Waals surface area contributed by atoms with Crippen LogP contribution in [0.1, 0.15) is 57.1 Å². The summed E-state index contributed by atoms with van der Waals surface area (Å²) in [6.45, 7) is 3.29. The third-order valence-corrected chi connectivity index (χ3v) is 3.87. The second-order valence-electron chi connectivity index (χ2n) is 5.75. The van der Waals surface area contributed by atoms with Crippen LogP contribution in [0.5, 0.6) is 0 Å². The third-order valence-electron chi connectivity index (χ3n) is 3.87. The Balaban J connectivity index is 1.75. The van der Waals surface area contributed by atoms with Gasteiger partial charge in [-0.2, -0.15) is 0 Å². The van der Waals surface area contributed by atoms with Crippen LogP contribution in [-0.4, -0.2) is 25.1 Å². The molecular weight excluding hydrogens is 264 g/mol. The van der Waals surface area contributed by atoms with E-state index in [9.17, 15) is 4.79 Å². The van der Waals surface area contributed by atoms with Crippen LogP contribution in [0, 0.1) is 0 Å². The molecule has 2 atom stereocenters. The maximum atomic E-state index is 12.0. The van der Waals surface area contributed by atoms with Crippen LogP contribution in [0.15, 0.2) is 30.3 Å². The fourth-order valence-corrected chi connectivity index (χ4v) is 2.67. The van der Waals surface area contributed by atoms with Crippen LogP contribution in [-0.2, 0) is 14.3 Å². The highest BCUT2D eigenvalue weighted by Crippen LogP contribution is 2.25. The molecule has 3 heteroatoms. The van der Waals surface area contributed by atoms with Gasteiger partial charge in [0, 0.05) is 12.8 Å². The van der Waals surface area contributed by atoms with E-state index in [1.54, 1.807) is 0 Å². The molecule has 116 valence electrons. The highest BCUT2D eigenvalue weighted by molar-refractivity contribution is 5.78. The number of Topliss-reactive ketones (excluding diaryl/α,β-unsaturated/α-hetero) is 1. The van der Waals surface area contributed by atoms with Crippen LogP contribution in [0.3, 0.4) is 0 Å². The molecule has 1 aromatic carbocycles. The molecule has 0 N–H and O–H groups in total. The third kappa shape index (κ3) is 5.60. The van der Waals surface area contributed by atoms with Gasteiger partial charge in [-0.3, -0.25) is 4.79 Å². The Morgan fingerprint density at radius 3 is 2.71 bits per heavy atom. The van der Waals surface area contributed by atoms with Crippen LogP contribution in [0.4, 0.5) is 0 Å². The van der Waals surface area contributed by atoms with Gasteiger partial charge in [-0.25, -0.2) is 0 Å². The first-order valence-electron chi connectivity index (χ1n) is 8.09. The van der Waals surface area contributed by atoms with Gasteiger partial charge in [0.2, 0.25) is 0 Å². The smallest absolute Gasteiger partial charge is 0.135 e. The summed E-state index contributed by atoms with van der Waals surface area (Å²) in [6, 6.07) is 10.1. The van der Waals surface area contributed by atoms with Crippen molar-refractivity contribution in [3.63, 3.8) is 0 Å². The van der Waals surface area contributed by atoms with Crippen molar-refractivity contribution in [3.8, 4) is 0 Å². The van der Waals surface area contributed by atoms with Crippen molar-refractivity contribution < 1.29 is 14.3 Å². The van der Waals surface area contributed by atoms with Gasteiger partial charge in [-0.15, -0.1) is 0 Å². The minimum Gasteiger partial charge on any atom is -0.376 e. The zero-order valence-electron chi connectivity index (χ0n) is 12.9. The van der Waals surface area contributed by atoms with Crippen molar-refractivity contribution in [2.45, 2.75) is 57.7 Å². The van der Waals surface area contributed by atoms with Crippen molar-refractivity contribution in [2.75, 3.05) is 13.2 Å². The van der Waals surface area contributed by atoms with Gasteiger partial charge in [0.15, 0.2) is 0 Å². The highest BCUT2D eigenvalue weighted by atomic mass is 16.6. The molecule has 2 rings (SSSR count). The summed E-state index contributed by atoms with van der Waals surface area (Å²) in [5.74, 6) is 0.299. The first-order valence-corrected chi connectivity index (χ1v) is 8.09. The lowest BCUT2D eigenvalue weighted by Gasteiger charge is -2.30. The zero-order chi connectivity index (χ0) is 14.9. The van der Waals surface area contributed by atoms with Crippen molar-refractivity contribution in [3.05, 3.63) is 35.9 Å². The fraction of sp³-hybridized carbons (Fsp3) is 0.611. The summed E-state index contributed by atoms with van der Waals surface area (Å²) in [4.78, 5) is 12.0. The van der Waals surface area contributed by atoms with E-state index in [2.05, 4.69) is 6.92 Å². The molecule has 1 aliphatic heterocycles. The molecule has 0 spiro atoms. The van der Waals surface area contributed by atoms with Crippen molar-refractivity contribution in [2.24, 2.45) is 0 Å². The highest BCUT2D eigenvalue weighted by Gasteiger charge is 2.25. The molecule has 1 fully saturated rings. The van der Waals surface area contributed by atoms with Crippen molar-refractivity contribution in [1.29, 1.82) is 0 Å². The molecule has 0 bridgehead atoms. The van der Waals surface area contributed by atoms with E-state index >= 15 is 0 Å². The number of carbonyl (C=O) groups is 1. The average Bonchev–Trinajstić information content (AvgIpc) is 2.53. The molecule has 0 saturated carbocycles. The predicted molar refractivity (Wildman–Crippen MR) is 83.3 cm³/mol. The van der Waals surface area contributed by atoms with E-state index in [0.717, 1.165) is 18.4 Å². The Bertz CT molecular complexity index is 416. The van der Waals surface area contributed by atoms with Crippen molar-refractivity contribution in [1.82, 2.24) is 0 Å². The minimum absolute atomic E-state index is 0.0437. The second-order valence-corrected chi connectivity index (χ2v) is 5.75. The monoisotopic (exact) mass is 290 g/mol. The van der Waals surface area contributed by atoms with Crippen LogP contribution >= 0.6 is 0 Å². The Hall–Kier alpha value is -1.19. The van der Waals surface area contributed by atoms with Crippen molar-refractivity contribution >= 4 is 5.78 Å². The number of rotatable bonds is 8. The van der Waals surface area contributed by atoms with Gasteiger partial charge in [-0.1, -0.05) is 56.5 Å². The molecule has 2 unspecified atom stereocenters. The lowest BCUT2D eigenvalue weighted by atomic mass is 10.0. The van der Waals surface area contributed by atoms with E-state index in [0.29, 0.717) is 31.8 Å². The number of hydrogen-bond acceptors (Lipinski definition) is 3. The summed E-state index contributed by atoms with van der Waals surface area (Å²) in [5.41, 5.74) is 1.12. The maximum absolute atomic E-state index is 12.0. The molecule has 0 aliphatic carbocycles. The Kier molecular flexibility index (Phi) is 6.90. The Labute approximate surface area is 127 Å². The normalized spacial score (nSPS) is 22.1. The predicted octanol–water partition coefficient (Wildman–Crippen LogP) is 4.07. The van der Waals surface area contributed by atoms with Gasteiger partial charge >= 0.3 is 0 Å². The fourth-order valence-electron chi connectivity index (χ4n) is 2.67. The number of hydrogen-bond donors (Lipinski definition) is 0. The zero-order valence-corrected chi connectivity index (χ0v) is 12.9. The van der Waals surface area contributed by atoms with E-state index in [-0.39, 0.29) is 12.2 Å². The summed E-state index contributed by atoms with van der Waals surface area (Å²) in [7, 11) is 0. The summed E-state index contributed by atoms with van der Waals surface area (Å²) < 4.78 is 11.6. The SMILES string of the molecule is CCCCCCC(=O)CC1COCC(c2ccccc2)O1. The van der Waals surface area contributed by atoms with E-state index in [4.69, 9.17) is 9.47 Å². The Morgan fingerprint density at radius 2 is 1.95 bits per heavy atom. The lowest BCUT2D eigenvalue weighted by Crippen LogP contribution is -2.33.